The van der Waals surface area contributed by atoms with Crippen LogP contribution in [0, 0.1) is 0 Å². The first-order valence-corrected chi connectivity index (χ1v) is 11.9. The molecule has 0 bridgehead atoms. The Hall–Kier alpha value is -3.55. The molecular weight excluding hydrogens is 391 g/mol. The van der Waals surface area contributed by atoms with Crippen LogP contribution in [-0.4, -0.2) is 16.3 Å². The van der Waals surface area contributed by atoms with Crippen molar-refractivity contribution in [2.45, 2.75) is 0 Å². The molecule has 0 heterocycles. The second-order valence-corrected chi connectivity index (χ2v) is 11.7. The zero-order chi connectivity index (χ0) is 21.1. The van der Waals surface area contributed by atoms with Crippen molar-refractivity contribution in [3.8, 4) is 0 Å². The first-order chi connectivity index (χ1) is 14.6. The van der Waals surface area contributed by atoms with Crippen LogP contribution in [0.15, 0.2) is 121 Å². The molecule has 30 heavy (non-hydrogen) atoms. The number of hydrogen-bond donors (Lipinski definition) is 1. The monoisotopic (exact) mass is 412 g/mol. The van der Waals surface area contributed by atoms with Gasteiger partial charge in [0.05, 0.1) is 0 Å². The van der Waals surface area contributed by atoms with Crippen molar-refractivity contribution < 1.29 is 14.7 Å². The fourth-order valence-corrected chi connectivity index (χ4v) is 9.64. The predicted octanol–water partition coefficient (Wildman–Crippen LogP) is 5.03. The van der Waals surface area contributed by atoms with Crippen molar-refractivity contribution in [1.29, 1.82) is 0 Å². The molecule has 148 valence electrons. The Kier molecular flexibility index (Phi) is 5.07. The molecule has 0 aliphatic heterocycles. The van der Waals surface area contributed by atoms with Gasteiger partial charge in [-0.1, -0.05) is 0 Å². The fraction of sp³-hybridized carbons (Fsp3) is 0. The van der Waals surface area contributed by atoms with Crippen LogP contribution in [0.4, 0.5) is 4.79 Å². The van der Waals surface area contributed by atoms with Gasteiger partial charge in [-0.15, -0.1) is 0 Å². The van der Waals surface area contributed by atoms with Crippen molar-refractivity contribution in [1.82, 2.24) is 0 Å². The van der Waals surface area contributed by atoms with E-state index in [-0.39, 0.29) is 5.52 Å². The third-order valence-electron chi connectivity index (χ3n) is 5.63. The molecule has 0 aliphatic rings. The Morgan fingerprint density at radius 1 is 0.500 bits per heavy atom. The van der Waals surface area contributed by atoms with E-state index in [0.717, 1.165) is 0 Å². The number of carbonyl (C=O) groups is 2. The van der Waals surface area contributed by atoms with E-state index in [2.05, 4.69) is 0 Å². The summed E-state index contributed by atoms with van der Waals surface area (Å²) in [5.41, 5.74) is -1.11. The van der Waals surface area contributed by atoms with Crippen molar-refractivity contribution >= 4 is 33.8 Å². The quantitative estimate of drug-likeness (QED) is 0.452. The van der Waals surface area contributed by atoms with E-state index in [1.807, 2.05) is 24.3 Å². The Morgan fingerprint density at radius 3 is 1.10 bits per heavy atom. The van der Waals surface area contributed by atoms with Crippen LogP contribution in [-0.2, 0) is 0 Å². The van der Waals surface area contributed by atoms with Gasteiger partial charge in [-0.3, -0.25) is 0 Å². The maximum atomic E-state index is 14.5. The zero-order valence-corrected chi connectivity index (χ0v) is 17.2. The van der Waals surface area contributed by atoms with Crippen LogP contribution in [0.2, 0.25) is 0 Å². The zero-order valence-electron chi connectivity index (χ0n) is 16.3. The van der Waals surface area contributed by atoms with Crippen LogP contribution >= 0.6 is 6.60 Å². The SMILES string of the molecule is O=C(O)P(C(=O)c1ccccc1)(c1ccccc1)(c1ccccc1)c1ccccc1. The molecular formula is C26H21O3P. The summed E-state index contributed by atoms with van der Waals surface area (Å²) in [6.07, 6.45) is 0. The van der Waals surface area contributed by atoms with Crippen LogP contribution in [0.1, 0.15) is 10.4 Å². The molecule has 0 unspecified atom stereocenters. The number of carbonyl (C=O) groups excluding carboxylic acids is 1. The summed E-state index contributed by atoms with van der Waals surface area (Å²) >= 11 is 0. The van der Waals surface area contributed by atoms with E-state index >= 15 is 0 Å². The van der Waals surface area contributed by atoms with Crippen LogP contribution in [0.5, 0.6) is 0 Å². The van der Waals surface area contributed by atoms with Crippen molar-refractivity contribution in [3.05, 3.63) is 127 Å². The molecule has 1 N–H and O–H groups in total. The van der Waals surface area contributed by atoms with Crippen molar-refractivity contribution in [2.75, 3.05) is 0 Å². The molecule has 3 nitrogen and oxygen atoms in total. The fourth-order valence-electron chi connectivity index (χ4n) is 4.23. The summed E-state index contributed by atoms with van der Waals surface area (Å²) in [5.74, 6) is 0. The number of carboxylic acid groups (broad SMARTS) is 1. The molecule has 0 radical (unpaired) electrons. The Labute approximate surface area is 175 Å². The minimum atomic E-state index is -4.64. The standard InChI is InChI=1S/C26H21O3P/c27-25(21-13-5-1-6-14-21)30(26(28)29,22-15-7-2-8-16-22,23-17-9-3-10-18-23)24-19-11-4-12-20-24/h1-20H,(H,28,29). The van der Waals surface area contributed by atoms with Gasteiger partial charge in [-0.25, -0.2) is 0 Å². The molecule has 0 saturated carbocycles. The van der Waals surface area contributed by atoms with E-state index in [1.165, 1.54) is 0 Å². The summed E-state index contributed by atoms with van der Waals surface area (Å²) < 4.78 is 0. The molecule has 4 heteroatoms. The first-order valence-electron chi connectivity index (χ1n) is 9.64. The van der Waals surface area contributed by atoms with E-state index in [4.69, 9.17) is 0 Å². The maximum absolute atomic E-state index is 14.5. The summed E-state index contributed by atoms with van der Waals surface area (Å²) in [5, 5.41) is 12.7. The molecule has 4 rings (SSSR count). The topological polar surface area (TPSA) is 54.4 Å². The second kappa shape index (κ2) is 7.70. The van der Waals surface area contributed by atoms with E-state index < -0.39 is 12.3 Å². The van der Waals surface area contributed by atoms with Gasteiger partial charge in [0.2, 0.25) is 0 Å². The second-order valence-electron chi connectivity index (χ2n) is 7.08. The Balaban J connectivity index is 2.29. The van der Waals surface area contributed by atoms with Gasteiger partial charge in [-0.2, -0.15) is 0 Å². The van der Waals surface area contributed by atoms with E-state index in [9.17, 15) is 14.7 Å². The van der Waals surface area contributed by atoms with Crippen LogP contribution in [0.25, 0.3) is 0 Å². The third kappa shape index (κ3) is 2.56. The van der Waals surface area contributed by atoms with Gasteiger partial charge < -0.3 is 0 Å². The van der Waals surface area contributed by atoms with Gasteiger partial charge in [0.15, 0.2) is 0 Å². The van der Waals surface area contributed by atoms with Gasteiger partial charge >= 0.3 is 175 Å². The Morgan fingerprint density at radius 2 is 0.800 bits per heavy atom. The summed E-state index contributed by atoms with van der Waals surface area (Å²) in [6, 6.07) is 35.6. The van der Waals surface area contributed by atoms with Gasteiger partial charge in [0, 0.05) is 0 Å². The van der Waals surface area contributed by atoms with Gasteiger partial charge in [-0.05, 0) is 0 Å². The normalized spacial score (nSPS) is 12.5. The molecule has 0 aromatic heterocycles. The van der Waals surface area contributed by atoms with E-state index in [0.29, 0.717) is 21.5 Å². The first kappa shape index (κ1) is 19.8. The molecule has 4 aromatic carbocycles. The predicted molar refractivity (Wildman–Crippen MR) is 124 cm³/mol. The molecule has 4 aromatic rings. The van der Waals surface area contributed by atoms with Gasteiger partial charge in [0.1, 0.15) is 0 Å². The minimum absolute atomic E-state index is 0.377. The molecule has 0 fully saturated rings. The number of benzene rings is 4. The van der Waals surface area contributed by atoms with Crippen molar-refractivity contribution in [2.24, 2.45) is 0 Å². The van der Waals surface area contributed by atoms with Gasteiger partial charge in [0.25, 0.3) is 0 Å². The summed E-state index contributed by atoms with van der Waals surface area (Å²) in [7, 11) is 0. The molecule has 0 spiro atoms. The van der Waals surface area contributed by atoms with Crippen LogP contribution in [0.3, 0.4) is 0 Å². The average molecular weight is 412 g/mol. The van der Waals surface area contributed by atoms with E-state index in [1.54, 1.807) is 97.1 Å². The summed E-state index contributed by atoms with van der Waals surface area (Å²) in [4.78, 5) is 28.1. The van der Waals surface area contributed by atoms with Crippen molar-refractivity contribution in [3.63, 3.8) is 0 Å². The third-order valence-corrected chi connectivity index (χ3v) is 11.5. The Bertz CT molecular complexity index is 1070. The molecule has 0 saturated heterocycles. The van der Waals surface area contributed by atoms with Crippen LogP contribution < -0.4 is 15.9 Å². The molecule has 0 atom stereocenters. The molecule has 0 amide bonds. The summed E-state index contributed by atoms with van der Waals surface area (Å²) in [6.45, 7) is -4.64. The molecule has 0 aliphatic carbocycles. The number of hydrogen-bond acceptors (Lipinski definition) is 2. The average Bonchev–Trinajstić information content (AvgIpc) is 2.82. The number of rotatable bonds is 6.